The summed E-state index contributed by atoms with van der Waals surface area (Å²) < 4.78 is 19.8. The highest BCUT2D eigenvalue weighted by molar-refractivity contribution is 5.95. The molecule has 0 radical (unpaired) electrons. The van der Waals surface area contributed by atoms with E-state index >= 15 is 0 Å². The summed E-state index contributed by atoms with van der Waals surface area (Å²) in [7, 11) is 0. The van der Waals surface area contributed by atoms with Crippen molar-refractivity contribution in [2.75, 3.05) is 37.6 Å². The molecule has 1 aromatic heterocycles. The van der Waals surface area contributed by atoms with Gasteiger partial charge in [-0.1, -0.05) is 39.8 Å². The molecule has 1 aromatic carbocycles. The van der Waals surface area contributed by atoms with Crippen LogP contribution in [0.15, 0.2) is 28.8 Å². The smallest absolute Gasteiger partial charge is 0.276 e. The predicted octanol–water partition coefficient (Wildman–Crippen LogP) is 5.54. The largest absolute Gasteiger partial charge is 0.361 e. The Morgan fingerprint density at radius 1 is 1.03 bits per heavy atom. The van der Waals surface area contributed by atoms with Crippen molar-refractivity contribution in [3.05, 3.63) is 47.1 Å². The number of carbonyl (C=O) groups excluding carboxylic acids is 2. The van der Waals surface area contributed by atoms with Crippen LogP contribution in [0.5, 0.6) is 0 Å². The quantitative estimate of drug-likeness (QED) is 0.485. The van der Waals surface area contributed by atoms with Crippen molar-refractivity contribution in [1.29, 1.82) is 0 Å². The number of nitrogens with zero attached hydrogens (tertiary/aromatic N) is 4. The molecule has 2 heterocycles. The normalized spacial score (nSPS) is 16.0. The molecule has 0 saturated carbocycles. The molecule has 0 unspecified atom stereocenters. The van der Waals surface area contributed by atoms with E-state index < -0.39 is 0 Å². The van der Waals surface area contributed by atoms with Gasteiger partial charge in [-0.05, 0) is 68.0 Å². The van der Waals surface area contributed by atoms with Crippen LogP contribution >= 0.6 is 0 Å². The lowest BCUT2D eigenvalue weighted by Crippen LogP contribution is -2.40. The average Bonchev–Trinajstić information content (AvgIpc) is 3.28. The van der Waals surface area contributed by atoms with Crippen LogP contribution in [0, 0.1) is 17.7 Å². The Kier molecular flexibility index (Phi) is 10.7. The first-order valence-electron chi connectivity index (χ1n) is 13.7. The number of rotatable bonds is 7. The molecule has 2 aromatic rings. The van der Waals surface area contributed by atoms with Gasteiger partial charge in [0.2, 0.25) is 5.91 Å². The Morgan fingerprint density at radius 3 is 2.43 bits per heavy atom. The minimum atomic E-state index is -0.385. The monoisotopic (exact) mass is 514 g/mol. The standard InChI is InChI=1S/C29H43FN4O3/c1-6-9-25-18-26(31-37-25)29(36)33-14-7-12-32(19-22(4)5)13-8-15-34(28(35)16-21(2)3)27-11-10-24(30)17-23(27)20-33/h10-11,17-18,21-22H,6-9,12-16,19-20H2,1-5H3. The molecule has 3 rings (SSSR count). The van der Waals surface area contributed by atoms with E-state index in [0.29, 0.717) is 48.9 Å². The van der Waals surface area contributed by atoms with E-state index in [9.17, 15) is 14.0 Å². The van der Waals surface area contributed by atoms with Crippen LogP contribution in [-0.2, 0) is 17.8 Å². The molecule has 1 aliphatic heterocycles. The van der Waals surface area contributed by atoms with Gasteiger partial charge in [0.15, 0.2) is 5.69 Å². The molecule has 204 valence electrons. The molecule has 0 bridgehead atoms. The van der Waals surface area contributed by atoms with Gasteiger partial charge in [-0.25, -0.2) is 4.39 Å². The number of hydrogen-bond donors (Lipinski definition) is 0. The Bertz CT molecular complexity index is 1040. The minimum absolute atomic E-state index is 0.0221. The van der Waals surface area contributed by atoms with Crippen LogP contribution in [0.2, 0.25) is 0 Å². The van der Waals surface area contributed by atoms with Gasteiger partial charge in [0.25, 0.3) is 5.91 Å². The van der Waals surface area contributed by atoms with Gasteiger partial charge in [0, 0.05) is 50.8 Å². The molecule has 0 N–H and O–H groups in total. The fourth-order valence-corrected chi connectivity index (χ4v) is 4.93. The molecule has 8 heteroatoms. The Hall–Kier alpha value is -2.74. The van der Waals surface area contributed by atoms with Crippen molar-refractivity contribution < 1.29 is 18.5 Å². The maximum absolute atomic E-state index is 14.5. The first kappa shape index (κ1) is 28.8. The Balaban J connectivity index is 1.98. The summed E-state index contributed by atoms with van der Waals surface area (Å²) >= 11 is 0. The first-order valence-corrected chi connectivity index (χ1v) is 13.7. The molecule has 7 nitrogen and oxygen atoms in total. The number of aryl methyl sites for hydroxylation is 1. The van der Waals surface area contributed by atoms with Gasteiger partial charge >= 0.3 is 0 Å². The molecule has 2 amide bonds. The number of amides is 2. The summed E-state index contributed by atoms with van der Waals surface area (Å²) in [5.41, 5.74) is 1.57. The zero-order valence-electron chi connectivity index (χ0n) is 23.1. The number of fused-ring (bicyclic) bond motifs is 1. The fraction of sp³-hybridized carbons (Fsp3) is 0.621. The third-order valence-corrected chi connectivity index (χ3v) is 6.52. The summed E-state index contributed by atoms with van der Waals surface area (Å²) in [6.45, 7) is 14.4. The van der Waals surface area contributed by atoms with E-state index in [1.807, 2.05) is 20.8 Å². The molecule has 0 fully saturated rings. The van der Waals surface area contributed by atoms with Gasteiger partial charge in [-0.3, -0.25) is 9.59 Å². The molecular formula is C29H43FN4O3. The van der Waals surface area contributed by atoms with Gasteiger partial charge in [-0.2, -0.15) is 0 Å². The number of carbonyl (C=O) groups is 2. The second-order valence-electron chi connectivity index (χ2n) is 11.0. The molecule has 0 aliphatic carbocycles. The van der Waals surface area contributed by atoms with Crippen LogP contribution in [0.4, 0.5) is 10.1 Å². The topological polar surface area (TPSA) is 69.9 Å². The number of halogens is 1. The van der Waals surface area contributed by atoms with Crippen LogP contribution in [0.3, 0.4) is 0 Å². The lowest BCUT2D eigenvalue weighted by molar-refractivity contribution is -0.119. The second-order valence-corrected chi connectivity index (χ2v) is 11.0. The van der Waals surface area contributed by atoms with Crippen LogP contribution in [-0.4, -0.2) is 59.5 Å². The molecule has 37 heavy (non-hydrogen) atoms. The summed E-state index contributed by atoms with van der Waals surface area (Å²) in [6, 6.07) is 6.23. The summed E-state index contributed by atoms with van der Waals surface area (Å²) in [5, 5.41) is 4.03. The van der Waals surface area contributed by atoms with Gasteiger partial charge in [0.1, 0.15) is 11.6 Å². The van der Waals surface area contributed by atoms with E-state index in [1.165, 1.54) is 12.1 Å². The fourth-order valence-electron chi connectivity index (χ4n) is 4.93. The van der Waals surface area contributed by atoms with E-state index in [-0.39, 0.29) is 35.8 Å². The third-order valence-electron chi connectivity index (χ3n) is 6.52. The lowest BCUT2D eigenvalue weighted by Gasteiger charge is -2.32. The Morgan fingerprint density at radius 2 is 1.76 bits per heavy atom. The number of hydrogen-bond acceptors (Lipinski definition) is 5. The average molecular weight is 515 g/mol. The first-order chi connectivity index (χ1) is 17.7. The zero-order chi connectivity index (χ0) is 26.9. The highest BCUT2D eigenvalue weighted by atomic mass is 19.1. The van der Waals surface area contributed by atoms with Crippen LogP contribution in [0.1, 0.15) is 82.1 Å². The molecule has 0 atom stereocenters. The molecular weight excluding hydrogens is 471 g/mol. The van der Waals surface area contributed by atoms with E-state index in [4.69, 9.17) is 4.52 Å². The summed E-state index contributed by atoms with van der Waals surface area (Å²) in [4.78, 5) is 32.8. The van der Waals surface area contributed by atoms with Crippen molar-refractivity contribution in [1.82, 2.24) is 15.0 Å². The molecule has 1 aliphatic rings. The predicted molar refractivity (Wildman–Crippen MR) is 144 cm³/mol. The molecule has 0 spiro atoms. The second kappa shape index (κ2) is 13.7. The summed E-state index contributed by atoms with van der Waals surface area (Å²) in [6.07, 6.45) is 3.64. The van der Waals surface area contributed by atoms with Crippen LogP contribution in [0.25, 0.3) is 0 Å². The SMILES string of the molecule is CCCc1cc(C(=O)N2CCCN(CC(C)C)CCCN(C(=O)CC(C)C)c3ccc(F)cc3C2)no1. The van der Waals surface area contributed by atoms with Crippen molar-refractivity contribution >= 4 is 17.5 Å². The van der Waals surface area contributed by atoms with Crippen molar-refractivity contribution in [3.63, 3.8) is 0 Å². The lowest BCUT2D eigenvalue weighted by atomic mass is 10.1. The number of aromatic nitrogens is 1. The van der Waals surface area contributed by atoms with Gasteiger partial charge in [-0.15, -0.1) is 0 Å². The van der Waals surface area contributed by atoms with Crippen LogP contribution < -0.4 is 4.90 Å². The van der Waals surface area contributed by atoms with Crippen molar-refractivity contribution in [3.8, 4) is 0 Å². The highest BCUT2D eigenvalue weighted by Crippen LogP contribution is 2.27. The highest BCUT2D eigenvalue weighted by Gasteiger charge is 2.26. The maximum atomic E-state index is 14.5. The van der Waals surface area contributed by atoms with Gasteiger partial charge < -0.3 is 19.2 Å². The van der Waals surface area contributed by atoms with Crippen molar-refractivity contribution in [2.24, 2.45) is 11.8 Å². The van der Waals surface area contributed by atoms with E-state index in [2.05, 4.69) is 23.9 Å². The van der Waals surface area contributed by atoms with E-state index in [0.717, 1.165) is 38.9 Å². The van der Waals surface area contributed by atoms with Gasteiger partial charge in [0.05, 0.1) is 0 Å². The zero-order valence-corrected chi connectivity index (χ0v) is 23.1. The maximum Gasteiger partial charge on any atom is 0.276 e. The number of benzene rings is 1. The van der Waals surface area contributed by atoms with Crippen molar-refractivity contribution in [2.45, 2.75) is 73.3 Å². The Labute approximate surface area is 221 Å². The third kappa shape index (κ3) is 8.38. The minimum Gasteiger partial charge on any atom is -0.361 e. The summed E-state index contributed by atoms with van der Waals surface area (Å²) in [5.74, 6) is 0.796. The number of anilines is 1. The molecule has 0 saturated heterocycles. The van der Waals surface area contributed by atoms with E-state index in [1.54, 1.807) is 21.9 Å².